The molecule has 0 heterocycles. The molecule has 0 saturated heterocycles. The minimum atomic E-state index is -0.978. The van der Waals surface area contributed by atoms with Gasteiger partial charge in [-0.1, -0.05) is 53.7 Å². The molecule has 0 aliphatic heterocycles. The van der Waals surface area contributed by atoms with Crippen LogP contribution < -0.4 is 4.74 Å². The Labute approximate surface area is 115 Å². The Morgan fingerprint density at radius 3 is 2.53 bits per heavy atom. The van der Waals surface area contributed by atoms with Gasteiger partial charge in [-0.05, 0) is 30.0 Å². The van der Waals surface area contributed by atoms with Crippen LogP contribution in [-0.2, 0) is 6.42 Å². The SMILES string of the molecule is COc1cccc(CC(CBr)C[Si](C)(C)C)c1. The maximum atomic E-state index is 5.27. The molecule has 0 N–H and O–H groups in total. The van der Waals surface area contributed by atoms with Crippen molar-refractivity contribution in [1.29, 1.82) is 0 Å². The molecule has 0 spiro atoms. The highest BCUT2D eigenvalue weighted by atomic mass is 79.9. The van der Waals surface area contributed by atoms with Gasteiger partial charge in [0.25, 0.3) is 0 Å². The number of halogens is 1. The van der Waals surface area contributed by atoms with Gasteiger partial charge >= 0.3 is 0 Å². The lowest BCUT2D eigenvalue weighted by Gasteiger charge is -2.23. The van der Waals surface area contributed by atoms with Crippen LogP contribution in [-0.4, -0.2) is 20.5 Å². The Kier molecular flexibility index (Phi) is 5.73. The zero-order chi connectivity index (χ0) is 12.9. The van der Waals surface area contributed by atoms with Crippen molar-refractivity contribution in [3.8, 4) is 5.75 Å². The molecular weight excluding hydrogens is 292 g/mol. The number of hydrogen-bond acceptors (Lipinski definition) is 1. The van der Waals surface area contributed by atoms with E-state index in [1.165, 1.54) is 11.6 Å². The summed E-state index contributed by atoms with van der Waals surface area (Å²) >= 11 is 3.65. The predicted molar refractivity (Wildman–Crippen MR) is 82.1 cm³/mol. The van der Waals surface area contributed by atoms with Gasteiger partial charge in [-0.3, -0.25) is 0 Å². The molecule has 1 rings (SSSR count). The molecule has 0 aliphatic rings. The number of alkyl halides is 1. The Bertz CT molecular complexity index is 346. The fourth-order valence-corrected chi connectivity index (χ4v) is 5.08. The number of ether oxygens (including phenoxy) is 1. The van der Waals surface area contributed by atoms with Crippen molar-refractivity contribution in [3.05, 3.63) is 29.8 Å². The van der Waals surface area contributed by atoms with Gasteiger partial charge in [0.05, 0.1) is 7.11 Å². The van der Waals surface area contributed by atoms with E-state index in [0.29, 0.717) is 0 Å². The fourth-order valence-electron chi connectivity index (χ4n) is 2.18. The molecule has 0 amide bonds. The van der Waals surface area contributed by atoms with E-state index in [4.69, 9.17) is 4.74 Å². The van der Waals surface area contributed by atoms with E-state index in [0.717, 1.165) is 23.4 Å². The van der Waals surface area contributed by atoms with Gasteiger partial charge in [-0.15, -0.1) is 0 Å². The highest BCUT2D eigenvalue weighted by Crippen LogP contribution is 2.24. The third-order valence-corrected chi connectivity index (χ3v) is 5.50. The summed E-state index contributed by atoms with van der Waals surface area (Å²) in [6, 6.07) is 9.80. The quantitative estimate of drug-likeness (QED) is 0.551. The lowest BCUT2D eigenvalue weighted by Crippen LogP contribution is -2.25. The summed E-state index contributed by atoms with van der Waals surface area (Å²) in [6.45, 7) is 7.32. The first-order valence-electron chi connectivity index (χ1n) is 6.13. The average Bonchev–Trinajstić information content (AvgIpc) is 2.26. The second-order valence-corrected chi connectivity index (χ2v) is 12.0. The minimum absolute atomic E-state index is 0.744. The van der Waals surface area contributed by atoms with Crippen LogP contribution in [0, 0.1) is 5.92 Å². The van der Waals surface area contributed by atoms with E-state index < -0.39 is 8.07 Å². The van der Waals surface area contributed by atoms with Crippen LogP contribution in [0.2, 0.25) is 25.7 Å². The van der Waals surface area contributed by atoms with Crippen molar-refractivity contribution in [1.82, 2.24) is 0 Å². The van der Waals surface area contributed by atoms with Gasteiger partial charge < -0.3 is 4.74 Å². The molecule has 0 radical (unpaired) electrons. The van der Waals surface area contributed by atoms with E-state index in [1.54, 1.807) is 7.11 Å². The van der Waals surface area contributed by atoms with Gasteiger partial charge in [0.15, 0.2) is 0 Å². The van der Waals surface area contributed by atoms with E-state index in [-0.39, 0.29) is 0 Å². The molecule has 0 aliphatic carbocycles. The summed E-state index contributed by atoms with van der Waals surface area (Å²) in [5.41, 5.74) is 1.38. The molecule has 0 bridgehead atoms. The standard InChI is InChI=1S/C14H23BrOSi/c1-16-14-7-5-6-12(9-14)8-13(10-15)11-17(2,3)4/h5-7,9,13H,8,10-11H2,1-4H3. The molecule has 1 unspecified atom stereocenters. The third kappa shape index (κ3) is 5.73. The van der Waals surface area contributed by atoms with Crippen molar-refractivity contribution < 1.29 is 4.74 Å². The molecule has 17 heavy (non-hydrogen) atoms. The van der Waals surface area contributed by atoms with Crippen LogP contribution in [0.25, 0.3) is 0 Å². The molecule has 0 aromatic heterocycles. The Balaban J connectivity index is 2.67. The molecule has 1 nitrogen and oxygen atoms in total. The normalized spacial score (nSPS) is 13.5. The zero-order valence-corrected chi connectivity index (χ0v) is 13.9. The van der Waals surface area contributed by atoms with E-state index >= 15 is 0 Å². The van der Waals surface area contributed by atoms with Crippen LogP contribution in [0.1, 0.15) is 5.56 Å². The second-order valence-electron chi connectivity index (χ2n) is 5.84. The first kappa shape index (κ1) is 14.8. The largest absolute Gasteiger partial charge is 0.497 e. The third-order valence-electron chi connectivity index (χ3n) is 2.78. The molecule has 0 saturated carbocycles. The molecular formula is C14H23BrOSi. The Morgan fingerprint density at radius 1 is 1.29 bits per heavy atom. The van der Waals surface area contributed by atoms with Crippen LogP contribution >= 0.6 is 15.9 Å². The fraction of sp³-hybridized carbons (Fsp3) is 0.571. The monoisotopic (exact) mass is 314 g/mol. The molecule has 96 valence electrons. The van der Waals surface area contributed by atoms with Crippen LogP contribution in [0.3, 0.4) is 0 Å². The van der Waals surface area contributed by atoms with Gasteiger partial charge in [-0.25, -0.2) is 0 Å². The van der Waals surface area contributed by atoms with Gasteiger partial charge in [0.1, 0.15) is 5.75 Å². The molecule has 0 fully saturated rings. The van der Waals surface area contributed by atoms with Crippen LogP contribution in [0.15, 0.2) is 24.3 Å². The summed E-state index contributed by atoms with van der Waals surface area (Å²) in [7, 11) is 0.747. The lowest BCUT2D eigenvalue weighted by molar-refractivity contribution is 0.414. The minimum Gasteiger partial charge on any atom is -0.497 e. The number of methoxy groups -OCH3 is 1. The van der Waals surface area contributed by atoms with E-state index in [2.05, 4.69) is 53.8 Å². The first-order chi connectivity index (χ1) is 7.94. The van der Waals surface area contributed by atoms with E-state index in [1.807, 2.05) is 6.07 Å². The van der Waals surface area contributed by atoms with Gasteiger partial charge in [0.2, 0.25) is 0 Å². The molecule has 3 heteroatoms. The number of benzene rings is 1. The lowest BCUT2D eigenvalue weighted by atomic mass is 10.0. The predicted octanol–water partition coefficient (Wildman–Crippen LogP) is 4.59. The van der Waals surface area contributed by atoms with E-state index in [9.17, 15) is 0 Å². The maximum absolute atomic E-state index is 5.27. The Hall–Kier alpha value is -0.283. The summed E-state index contributed by atoms with van der Waals surface area (Å²) in [5, 5.41) is 1.09. The second kappa shape index (κ2) is 6.60. The van der Waals surface area contributed by atoms with Crippen molar-refractivity contribution in [2.24, 2.45) is 5.92 Å². The number of rotatable bonds is 6. The highest BCUT2D eigenvalue weighted by Gasteiger charge is 2.20. The van der Waals surface area contributed by atoms with Crippen molar-refractivity contribution in [2.45, 2.75) is 32.1 Å². The first-order valence-corrected chi connectivity index (χ1v) is 11.0. The maximum Gasteiger partial charge on any atom is 0.119 e. The van der Waals surface area contributed by atoms with Crippen molar-refractivity contribution in [2.75, 3.05) is 12.4 Å². The van der Waals surface area contributed by atoms with Crippen LogP contribution in [0.5, 0.6) is 5.75 Å². The van der Waals surface area contributed by atoms with Crippen molar-refractivity contribution in [3.63, 3.8) is 0 Å². The summed E-state index contributed by atoms with van der Waals surface area (Å²) < 4.78 is 5.27. The number of hydrogen-bond donors (Lipinski definition) is 0. The average molecular weight is 315 g/mol. The summed E-state index contributed by atoms with van der Waals surface area (Å²) in [4.78, 5) is 0. The topological polar surface area (TPSA) is 9.23 Å². The van der Waals surface area contributed by atoms with Gasteiger partial charge in [0, 0.05) is 13.4 Å². The van der Waals surface area contributed by atoms with Crippen molar-refractivity contribution >= 4 is 24.0 Å². The summed E-state index contributed by atoms with van der Waals surface area (Å²) in [5.74, 6) is 1.71. The van der Waals surface area contributed by atoms with Gasteiger partial charge in [-0.2, -0.15) is 0 Å². The smallest absolute Gasteiger partial charge is 0.119 e. The van der Waals surface area contributed by atoms with Crippen LogP contribution in [0.4, 0.5) is 0 Å². The highest BCUT2D eigenvalue weighted by molar-refractivity contribution is 9.09. The molecule has 1 aromatic carbocycles. The molecule has 1 aromatic rings. The Morgan fingerprint density at radius 2 is 2.00 bits per heavy atom. The summed E-state index contributed by atoms with van der Waals surface area (Å²) in [6.07, 6.45) is 1.15. The molecule has 1 atom stereocenters. The zero-order valence-electron chi connectivity index (χ0n) is 11.3.